The molecule has 0 aliphatic rings. The molecule has 2 heterocycles. The highest BCUT2D eigenvalue weighted by Gasteiger charge is 2.18. The van der Waals surface area contributed by atoms with E-state index in [1.165, 1.54) is 5.56 Å². The summed E-state index contributed by atoms with van der Waals surface area (Å²) in [5.74, 6) is 0.761. The van der Waals surface area contributed by atoms with Crippen LogP contribution < -0.4 is 0 Å². The number of aryl methyl sites for hydroxylation is 1. The van der Waals surface area contributed by atoms with Crippen LogP contribution in [-0.2, 0) is 6.42 Å². The van der Waals surface area contributed by atoms with Crippen molar-refractivity contribution in [2.24, 2.45) is 0 Å². The summed E-state index contributed by atoms with van der Waals surface area (Å²) in [6.07, 6.45) is 5.14. The SMILES string of the molecule is [C-]#[N+]c1cccc(-c2noc(C(O)CCCCCCc3ccccc3)n2)n1. The summed E-state index contributed by atoms with van der Waals surface area (Å²) in [5.41, 5.74) is 1.83. The first-order chi connectivity index (χ1) is 13.3. The fraction of sp³-hybridized carbons (Fsp3) is 0.333. The molecule has 27 heavy (non-hydrogen) atoms. The lowest BCUT2D eigenvalue weighted by Gasteiger charge is -2.05. The van der Waals surface area contributed by atoms with Crippen LogP contribution in [0.25, 0.3) is 16.4 Å². The van der Waals surface area contributed by atoms with Gasteiger partial charge in [-0.25, -0.2) is 0 Å². The summed E-state index contributed by atoms with van der Waals surface area (Å²) >= 11 is 0. The number of aliphatic hydroxyl groups excluding tert-OH is 1. The lowest BCUT2D eigenvalue weighted by molar-refractivity contribution is 0.121. The maximum absolute atomic E-state index is 10.3. The lowest BCUT2D eigenvalue weighted by Crippen LogP contribution is -1.98. The Morgan fingerprint density at radius 2 is 1.78 bits per heavy atom. The van der Waals surface area contributed by atoms with E-state index in [0.29, 0.717) is 12.1 Å². The van der Waals surface area contributed by atoms with Gasteiger partial charge in [0.25, 0.3) is 11.7 Å². The Bertz CT molecular complexity index is 886. The fourth-order valence-electron chi connectivity index (χ4n) is 2.87. The molecule has 0 saturated heterocycles. The summed E-state index contributed by atoms with van der Waals surface area (Å²) in [5, 5.41) is 14.1. The molecule has 0 bridgehead atoms. The molecule has 0 fully saturated rings. The van der Waals surface area contributed by atoms with E-state index in [9.17, 15) is 5.11 Å². The quantitative estimate of drug-likeness (QED) is 0.432. The number of pyridine rings is 1. The minimum atomic E-state index is -0.774. The van der Waals surface area contributed by atoms with Gasteiger partial charge in [0.2, 0.25) is 11.5 Å². The van der Waals surface area contributed by atoms with Crippen LogP contribution in [0.4, 0.5) is 5.82 Å². The van der Waals surface area contributed by atoms with Crippen LogP contribution in [0, 0.1) is 6.57 Å². The molecule has 6 heteroatoms. The molecular formula is C21H22N4O2. The van der Waals surface area contributed by atoms with Crippen LogP contribution in [0.5, 0.6) is 0 Å². The molecule has 0 spiro atoms. The van der Waals surface area contributed by atoms with Crippen molar-refractivity contribution in [3.63, 3.8) is 0 Å². The van der Waals surface area contributed by atoms with Crippen molar-refractivity contribution in [2.45, 2.75) is 44.6 Å². The molecule has 6 nitrogen and oxygen atoms in total. The number of hydrogen-bond donors (Lipinski definition) is 1. The molecule has 0 amide bonds. The van der Waals surface area contributed by atoms with Crippen molar-refractivity contribution in [2.75, 3.05) is 0 Å². The van der Waals surface area contributed by atoms with Gasteiger partial charge in [-0.15, -0.1) is 4.98 Å². The monoisotopic (exact) mass is 362 g/mol. The Kier molecular flexibility index (Phi) is 6.66. The molecule has 138 valence electrons. The third-order valence-corrected chi connectivity index (χ3v) is 4.34. The van der Waals surface area contributed by atoms with Crippen molar-refractivity contribution in [1.82, 2.24) is 15.1 Å². The molecule has 0 aliphatic carbocycles. The van der Waals surface area contributed by atoms with E-state index in [-0.39, 0.29) is 17.5 Å². The Morgan fingerprint density at radius 1 is 0.963 bits per heavy atom. The highest BCUT2D eigenvalue weighted by molar-refractivity contribution is 5.52. The molecule has 2 aromatic heterocycles. The Hall–Kier alpha value is -3.04. The van der Waals surface area contributed by atoms with E-state index >= 15 is 0 Å². The number of unbranched alkanes of at least 4 members (excludes halogenated alkanes) is 3. The average molecular weight is 362 g/mol. The van der Waals surface area contributed by atoms with Gasteiger partial charge in [0.15, 0.2) is 0 Å². The van der Waals surface area contributed by atoms with E-state index < -0.39 is 6.10 Å². The number of rotatable bonds is 9. The molecule has 1 N–H and O–H groups in total. The van der Waals surface area contributed by atoms with E-state index in [1.807, 2.05) is 6.07 Å². The standard InChI is InChI=1S/C21H22N4O2/c1-22-19-15-9-13-17(23-19)20-24-21(27-25-20)18(26)14-8-3-2-5-10-16-11-6-4-7-12-16/h4,6-7,9,11-13,15,18,26H,2-3,5,8,10,14H2. The smallest absolute Gasteiger partial charge is 0.270 e. The van der Waals surface area contributed by atoms with Gasteiger partial charge in [0.05, 0.1) is 0 Å². The largest absolute Gasteiger partial charge is 0.383 e. The van der Waals surface area contributed by atoms with Crippen molar-refractivity contribution < 1.29 is 9.63 Å². The maximum Gasteiger partial charge on any atom is 0.270 e. The van der Waals surface area contributed by atoms with Crippen LogP contribution >= 0.6 is 0 Å². The van der Waals surface area contributed by atoms with Gasteiger partial charge < -0.3 is 14.5 Å². The summed E-state index contributed by atoms with van der Waals surface area (Å²) in [7, 11) is 0. The zero-order valence-electron chi connectivity index (χ0n) is 15.1. The summed E-state index contributed by atoms with van der Waals surface area (Å²) in [6.45, 7) is 7.01. The molecule has 3 aromatic rings. The normalized spacial score (nSPS) is 11.9. The van der Waals surface area contributed by atoms with Gasteiger partial charge in [0, 0.05) is 0 Å². The molecule has 0 saturated carbocycles. The third-order valence-electron chi connectivity index (χ3n) is 4.34. The van der Waals surface area contributed by atoms with E-state index in [1.54, 1.807) is 18.2 Å². The zero-order chi connectivity index (χ0) is 18.9. The van der Waals surface area contributed by atoms with Gasteiger partial charge in [0.1, 0.15) is 6.10 Å². The van der Waals surface area contributed by atoms with E-state index in [4.69, 9.17) is 11.1 Å². The van der Waals surface area contributed by atoms with Gasteiger partial charge in [-0.2, -0.15) is 4.98 Å². The topological polar surface area (TPSA) is 76.4 Å². The molecule has 0 radical (unpaired) electrons. The molecule has 3 rings (SSSR count). The van der Waals surface area contributed by atoms with Crippen molar-refractivity contribution in [1.29, 1.82) is 0 Å². The molecule has 1 aromatic carbocycles. The van der Waals surface area contributed by atoms with Gasteiger partial charge in [-0.3, -0.25) is 0 Å². The Morgan fingerprint density at radius 3 is 2.59 bits per heavy atom. The maximum atomic E-state index is 10.3. The highest BCUT2D eigenvalue weighted by atomic mass is 16.5. The number of hydrogen-bond acceptors (Lipinski definition) is 5. The van der Waals surface area contributed by atoms with E-state index in [2.05, 4.69) is 44.2 Å². The van der Waals surface area contributed by atoms with Crippen LogP contribution in [0.3, 0.4) is 0 Å². The number of nitrogens with zero attached hydrogens (tertiary/aromatic N) is 4. The van der Waals surface area contributed by atoms with Crippen LogP contribution in [0.2, 0.25) is 0 Å². The second-order valence-corrected chi connectivity index (χ2v) is 6.40. The van der Waals surface area contributed by atoms with Gasteiger partial charge in [-0.05, 0) is 37.0 Å². The van der Waals surface area contributed by atoms with Crippen molar-refractivity contribution in [3.05, 3.63) is 71.4 Å². The van der Waals surface area contributed by atoms with Crippen molar-refractivity contribution >= 4 is 5.82 Å². The number of aliphatic hydroxyl groups is 1. The highest BCUT2D eigenvalue weighted by Crippen LogP contribution is 2.22. The fourth-order valence-corrected chi connectivity index (χ4v) is 2.87. The lowest BCUT2D eigenvalue weighted by atomic mass is 10.0. The Balaban J connectivity index is 1.41. The summed E-state index contributed by atoms with van der Waals surface area (Å²) < 4.78 is 5.16. The van der Waals surface area contributed by atoms with Crippen LogP contribution in [0.15, 0.2) is 53.1 Å². The minimum absolute atomic E-state index is 0.198. The summed E-state index contributed by atoms with van der Waals surface area (Å²) in [4.78, 5) is 11.6. The number of benzene rings is 1. The van der Waals surface area contributed by atoms with E-state index in [0.717, 1.165) is 32.1 Å². The predicted octanol–water partition coefficient (Wildman–Crippen LogP) is 4.91. The third kappa shape index (κ3) is 5.47. The first kappa shape index (κ1) is 18.7. The Labute approximate surface area is 158 Å². The number of aromatic nitrogens is 3. The van der Waals surface area contributed by atoms with Crippen LogP contribution in [-0.4, -0.2) is 20.2 Å². The average Bonchev–Trinajstić information content (AvgIpc) is 3.22. The molecule has 1 unspecified atom stereocenters. The molecule has 1 atom stereocenters. The van der Waals surface area contributed by atoms with Gasteiger partial charge >= 0.3 is 0 Å². The molecular weight excluding hydrogens is 340 g/mol. The first-order valence-corrected chi connectivity index (χ1v) is 9.17. The van der Waals surface area contributed by atoms with Crippen LogP contribution in [0.1, 0.15) is 49.7 Å². The second kappa shape index (κ2) is 9.60. The first-order valence-electron chi connectivity index (χ1n) is 9.17. The predicted molar refractivity (Wildman–Crippen MR) is 102 cm³/mol. The van der Waals surface area contributed by atoms with Crippen molar-refractivity contribution in [3.8, 4) is 11.5 Å². The minimum Gasteiger partial charge on any atom is -0.383 e. The summed E-state index contributed by atoms with van der Waals surface area (Å²) in [6, 6.07) is 15.5. The zero-order valence-corrected chi connectivity index (χ0v) is 15.1. The van der Waals surface area contributed by atoms with Gasteiger partial charge in [-0.1, -0.05) is 67.4 Å². The molecule has 0 aliphatic heterocycles. The second-order valence-electron chi connectivity index (χ2n) is 6.40.